The molecule has 0 bridgehead atoms. The van der Waals surface area contributed by atoms with Crippen molar-refractivity contribution in [3.8, 4) is 5.06 Å². The molecule has 1 aromatic heterocycles. The largest absolute Gasteiger partial charge is 0.461 e. The summed E-state index contributed by atoms with van der Waals surface area (Å²) >= 11 is 1.29. The summed E-state index contributed by atoms with van der Waals surface area (Å²) in [6, 6.07) is 0. The monoisotopic (exact) mass is 210 g/mol. The molecule has 6 heteroatoms. The maximum absolute atomic E-state index is 5.55. The van der Waals surface area contributed by atoms with Crippen LogP contribution in [0.2, 0.25) is 0 Å². The van der Waals surface area contributed by atoms with E-state index in [2.05, 4.69) is 4.98 Å². The molecule has 0 aromatic carbocycles. The lowest BCUT2D eigenvalue weighted by molar-refractivity contribution is 0.00355. The number of rotatable bonds is 0. The second-order valence-corrected chi connectivity index (χ2v) is 3.74. The number of thiazole rings is 1. The van der Waals surface area contributed by atoms with E-state index >= 15 is 0 Å². The Morgan fingerprint density at radius 3 is 3.29 bits per heavy atom. The van der Waals surface area contributed by atoms with E-state index in [9.17, 15) is 0 Å². The number of fused-ring (bicyclic) bond motifs is 2. The number of nitrogen functional groups attached to an aromatic ring is 1. The summed E-state index contributed by atoms with van der Waals surface area (Å²) in [5, 5.41) is 1.15. The Labute approximate surface area is 83.4 Å². The molecule has 0 atom stereocenters. The molecule has 0 spiro atoms. The predicted molar refractivity (Wildman–Crippen MR) is 50.3 cm³/mol. The molecule has 3 heterocycles. The van der Waals surface area contributed by atoms with Gasteiger partial charge in [-0.05, 0) is 0 Å². The highest BCUT2D eigenvalue weighted by molar-refractivity contribution is 7.17. The molecule has 2 N–H and O–H groups in total. The standard InChI is InChI=1S/C8H6N2O3S/c9-8-10-4-1-5-6(2-11-3-12-5)13-7(4)14-8/h1-2H,3H2,(H2,9,10). The molecule has 1 aromatic rings. The first kappa shape index (κ1) is 7.69. The minimum atomic E-state index is 0.202. The number of aromatic nitrogens is 1. The first-order chi connectivity index (χ1) is 6.83. The lowest BCUT2D eigenvalue weighted by atomic mass is 10.3. The number of ether oxygens (including phenoxy) is 3. The Hall–Kier alpha value is -1.69. The molecule has 0 saturated heterocycles. The predicted octanol–water partition coefficient (Wildman–Crippen LogP) is 1.30. The summed E-state index contributed by atoms with van der Waals surface area (Å²) in [7, 11) is 0. The number of hydrogen-bond acceptors (Lipinski definition) is 6. The summed E-state index contributed by atoms with van der Waals surface area (Å²) in [5.41, 5.74) is 6.26. The van der Waals surface area contributed by atoms with Crippen molar-refractivity contribution in [1.82, 2.24) is 4.98 Å². The molecular formula is C8H6N2O3S. The smallest absolute Gasteiger partial charge is 0.230 e. The normalized spacial score (nSPS) is 17.7. The average Bonchev–Trinajstić information content (AvgIpc) is 2.53. The number of nitrogens with zero attached hydrogens (tertiary/aromatic N) is 1. The fourth-order valence-electron chi connectivity index (χ4n) is 1.25. The van der Waals surface area contributed by atoms with Gasteiger partial charge in [0.1, 0.15) is 12.0 Å². The van der Waals surface area contributed by atoms with Gasteiger partial charge in [-0.1, -0.05) is 11.3 Å². The van der Waals surface area contributed by atoms with E-state index in [4.69, 9.17) is 19.9 Å². The highest BCUT2D eigenvalue weighted by Crippen LogP contribution is 2.38. The van der Waals surface area contributed by atoms with Crippen molar-refractivity contribution in [3.05, 3.63) is 23.5 Å². The van der Waals surface area contributed by atoms with Crippen LogP contribution in [-0.4, -0.2) is 11.8 Å². The fourth-order valence-corrected chi connectivity index (χ4v) is 1.92. The van der Waals surface area contributed by atoms with Crippen molar-refractivity contribution >= 4 is 22.5 Å². The Morgan fingerprint density at radius 1 is 1.43 bits per heavy atom. The van der Waals surface area contributed by atoms with Crippen LogP contribution in [-0.2, 0) is 9.47 Å². The zero-order valence-corrected chi connectivity index (χ0v) is 7.84. The molecule has 2 aliphatic rings. The third kappa shape index (κ3) is 1.04. The number of nitrogens with two attached hydrogens (primary N) is 1. The lowest BCUT2D eigenvalue weighted by Gasteiger charge is -2.20. The van der Waals surface area contributed by atoms with Gasteiger partial charge in [0, 0.05) is 6.08 Å². The van der Waals surface area contributed by atoms with E-state index in [0.29, 0.717) is 27.4 Å². The van der Waals surface area contributed by atoms with Gasteiger partial charge in [0.25, 0.3) is 0 Å². The second kappa shape index (κ2) is 2.65. The Balaban J connectivity index is 2.11. The quantitative estimate of drug-likeness (QED) is 0.699. The van der Waals surface area contributed by atoms with E-state index in [0.717, 1.165) is 0 Å². The fraction of sp³-hybridized carbons (Fsp3) is 0.125. The van der Waals surface area contributed by atoms with Crippen molar-refractivity contribution in [1.29, 1.82) is 0 Å². The third-order valence-corrected chi connectivity index (χ3v) is 2.60. The first-order valence-electron chi connectivity index (χ1n) is 3.94. The van der Waals surface area contributed by atoms with Gasteiger partial charge in [0.05, 0.1) is 0 Å². The van der Waals surface area contributed by atoms with Gasteiger partial charge in [0.15, 0.2) is 10.9 Å². The van der Waals surface area contributed by atoms with Crippen LogP contribution in [0.3, 0.4) is 0 Å². The van der Waals surface area contributed by atoms with Crippen LogP contribution < -0.4 is 10.5 Å². The van der Waals surface area contributed by atoms with Crippen LogP contribution in [0.4, 0.5) is 5.13 Å². The Kier molecular flexibility index (Phi) is 1.45. The minimum Gasteiger partial charge on any atom is -0.461 e. The van der Waals surface area contributed by atoms with Gasteiger partial charge in [-0.2, -0.15) is 0 Å². The maximum Gasteiger partial charge on any atom is 0.230 e. The van der Waals surface area contributed by atoms with E-state index < -0.39 is 0 Å². The van der Waals surface area contributed by atoms with Crippen molar-refractivity contribution in [2.75, 3.05) is 12.5 Å². The third-order valence-electron chi connectivity index (χ3n) is 1.82. The van der Waals surface area contributed by atoms with Gasteiger partial charge in [-0.3, -0.25) is 0 Å². The zero-order valence-electron chi connectivity index (χ0n) is 7.02. The number of anilines is 1. The summed E-state index contributed by atoms with van der Waals surface area (Å²) in [4.78, 5) is 4.09. The molecular weight excluding hydrogens is 204 g/mol. The van der Waals surface area contributed by atoms with Crippen LogP contribution in [0.25, 0.3) is 6.08 Å². The zero-order chi connectivity index (χ0) is 9.54. The number of hydrogen-bond donors (Lipinski definition) is 1. The van der Waals surface area contributed by atoms with Gasteiger partial charge in [0.2, 0.25) is 17.6 Å². The topological polar surface area (TPSA) is 66.6 Å². The van der Waals surface area contributed by atoms with Gasteiger partial charge in [-0.15, -0.1) is 0 Å². The highest BCUT2D eigenvalue weighted by Gasteiger charge is 2.24. The maximum atomic E-state index is 5.55. The minimum absolute atomic E-state index is 0.202. The van der Waals surface area contributed by atoms with Crippen LogP contribution in [0, 0.1) is 0 Å². The SMILES string of the molecule is Nc1nc2c(s1)OC1=COCOC1=C2. The van der Waals surface area contributed by atoms with Crippen LogP contribution >= 0.6 is 11.3 Å². The molecule has 0 fully saturated rings. The first-order valence-corrected chi connectivity index (χ1v) is 4.75. The molecule has 0 saturated carbocycles. The molecule has 0 amide bonds. The Bertz CT molecular complexity index is 449. The van der Waals surface area contributed by atoms with E-state index in [-0.39, 0.29) is 6.79 Å². The molecule has 0 aliphatic carbocycles. The second-order valence-electron chi connectivity index (χ2n) is 2.75. The summed E-state index contributed by atoms with van der Waals surface area (Å²) < 4.78 is 15.7. The van der Waals surface area contributed by atoms with E-state index in [1.54, 1.807) is 6.08 Å². The molecule has 72 valence electrons. The molecule has 5 nitrogen and oxygen atoms in total. The average molecular weight is 210 g/mol. The molecule has 0 radical (unpaired) electrons. The van der Waals surface area contributed by atoms with Crippen molar-refractivity contribution < 1.29 is 14.2 Å². The Morgan fingerprint density at radius 2 is 2.36 bits per heavy atom. The van der Waals surface area contributed by atoms with Crippen molar-refractivity contribution in [2.24, 2.45) is 0 Å². The molecule has 0 unspecified atom stereocenters. The molecule has 3 rings (SSSR count). The van der Waals surface area contributed by atoms with Gasteiger partial charge in [-0.25, -0.2) is 4.98 Å². The van der Waals surface area contributed by atoms with E-state index in [1.807, 2.05) is 0 Å². The molecule has 14 heavy (non-hydrogen) atoms. The van der Waals surface area contributed by atoms with Crippen LogP contribution in [0.1, 0.15) is 5.69 Å². The van der Waals surface area contributed by atoms with Crippen LogP contribution in [0.5, 0.6) is 5.06 Å². The van der Waals surface area contributed by atoms with Gasteiger partial charge >= 0.3 is 0 Å². The van der Waals surface area contributed by atoms with Crippen LogP contribution in [0.15, 0.2) is 17.8 Å². The van der Waals surface area contributed by atoms with Crippen molar-refractivity contribution in [3.63, 3.8) is 0 Å². The summed E-state index contributed by atoms with van der Waals surface area (Å²) in [6.45, 7) is 0.202. The van der Waals surface area contributed by atoms with E-state index in [1.165, 1.54) is 17.6 Å². The van der Waals surface area contributed by atoms with Crippen molar-refractivity contribution in [2.45, 2.75) is 0 Å². The summed E-state index contributed by atoms with van der Waals surface area (Å²) in [5.74, 6) is 1.20. The lowest BCUT2D eigenvalue weighted by Crippen LogP contribution is -2.13. The molecule has 2 aliphatic heterocycles. The summed E-state index contributed by atoms with van der Waals surface area (Å²) in [6.07, 6.45) is 3.31. The van der Waals surface area contributed by atoms with Gasteiger partial charge < -0.3 is 19.9 Å². The highest BCUT2D eigenvalue weighted by atomic mass is 32.1.